The second-order valence-electron chi connectivity index (χ2n) is 4.46. The molecular formula is C16H17BrClN. The minimum Gasteiger partial charge on any atom is -0.306 e. The number of hydrogen-bond donors (Lipinski definition) is 1. The fourth-order valence-electron chi connectivity index (χ4n) is 2.06. The van der Waals surface area contributed by atoms with Crippen molar-refractivity contribution in [3.63, 3.8) is 0 Å². The van der Waals surface area contributed by atoms with Crippen LogP contribution in [0.15, 0.2) is 53.0 Å². The molecule has 1 nitrogen and oxygen atoms in total. The van der Waals surface area contributed by atoms with Crippen molar-refractivity contribution in [2.75, 3.05) is 6.54 Å². The van der Waals surface area contributed by atoms with Crippen LogP contribution in [0.2, 0.25) is 5.02 Å². The van der Waals surface area contributed by atoms with Crippen molar-refractivity contribution in [3.05, 3.63) is 69.2 Å². The highest BCUT2D eigenvalue weighted by molar-refractivity contribution is 9.10. The third-order valence-corrected chi connectivity index (χ3v) is 3.89. The highest BCUT2D eigenvalue weighted by atomic mass is 79.9. The summed E-state index contributed by atoms with van der Waals surface area (Å²) in [5, 5.41) is 4.37. The molecular weight excluding hydrogens is 322 g/mol. The van der Waals surface area contributed by atoms with Gasteiger partial charge in [0.05, 0.1) is 6.04 Å². The number of rotatable bonds is 5. The third kappa shape index (κ3) is 3.82. The second-order valence-corrected chi connectivity index (χ2v) is 5.78. The van der Waals surface area contributed by atoms with Crippen LogP contribution in [0.25, 0.3) is 0 Å². The summed E-state index contributed by atoms with van der Waals surface area (Å²) >= 11 is 9.80. The minimum absolute atomic E-state index is 0.141. The molecule has 0 spiro atoms. The number of hydrogen-bond acceptors (Lipinski definition) is 1. The smallest absolute Gasteiger partial charge is 0.0591 e. The summed E-state index contributed by atoms with van der Waals surface area (Å²) in [6.45, 7) is 3.13. The van der Waals surface area contributed by atoms with Gasteiger partial charge in [0, 0.05) is 9.50 Å². The van der Waals surface area contributed by atoms with Crippen LogP contribution in [0.1, 0.15) is 30.5 Å². The number of nitrogens with one attached hydrogen (secondary N) is 1. The summed E-state index contributed by atoms with van der Waals surface area (Å²) in [6.07, 6.45) is 1.09. The predicted molar refractivity (Wildman–Crippen MR) is 85.7 cm³/mol. The van der Waals surface area contributed by atoms with Crippen LogP contribution in [0.5, 0.6) is 0 Å². The molecule has 0 radical (unpaired) electrons. The quantitative estimate of drug-likeness (QED) is 0.791. The van der Waals surface area contributed by atoms with Crippen molar-refractivity contribution in [2.45, 2.75) is 19.4 Å². The van der Waals surface area contributed by atoms with Gasteiger partial charge < -0.3 is 5.32 Å². The molecule has 0 amide bonds. The maximum Gasteiger partial charge on any atom is 0.0591 e. The average Bonchev–Trinajstić information content (AvgIpc) is 2.43. The Balaban J connectivity index is 2.35. The molecule has 100 valence electrons. The predicted octanol–water partition coefficient (Wildman–Crippen LogP) is 5.19. The van der Waals surface area contributed by atoms with Gasteiger partial charge in [-0.15, -0.1) is 0 Å². The molecule has 1 atom stereocenters. The van der Waals surface area contributed by atoms with Crippen LogP contribution < -0.4 is 5.32 Å². The zero-order chi connectivity index (χ0) is 13.7. The molecule has 0 aliphatic carbocycles. The van der Waals surface area contributed by atoms with Crippen LogP contribution in [0, 0.1) is 0 Å². The summed E-state index contributed by atoms with van der Waals surface area (Å²) in [5.74, 6) is 0. The van der Waals surface area contributed by atoms with E-state index in [1.807, 2.05) is 18.2 Å². The van der Waals surface area contributed by atoms with Crippen molar-refractivity contribution in [1.82, 2.24) is 5.32 Å². The van der Waals surface area contributed by atoms with E-state index in [1.165, 1.54) is 5.56 Å². The molecule has 0 bridgehead atoms. The third-order valence-electron chi connectivity index (χ3n) is 3.02. The largest absolute Gasteiger partial charge is 0.306 e. The molecule has 0 aromatic heterocycles. The number of halogens is 2. The molecule has 0 aliphatic rings. The fraction of sp³-hybridized carbons (Fsp3) is 0.250. The summed E-state index contributed by atoms with van der Waals surface area (Å²) < 4.78 is 1.09. The zero-order valence-electron chi connectivity index (χ0n) is 10.9. The summed E-state index contributed by atoms with van der Waals surface area (Å²) in [5.41, 5.74) is 2.35. The van der Waals surface area contributed by atoms with Crippen molar-refractivity contribution in [3.8, 4) is 0 Å². The molecule has 0 saturated carbocycles. The maximum atomic E-state index is 6.33. The van der Waals surface area contributed by atoms with Crippen LogP contribution in [0.4, 0.5) is 0 Å². The number of benzene rings is 2. The Morgan fingerprint density at radius 1 is 1.11 bits per heavy atom. The Kier molecular flexibility index (Phi) is 5.44. The minimum atomic E-state index is 0.141. The summed E-state index contributed by atoms with van der Waals surface area (Å²) in [4.78, 5) is 0. The van der Waals surface area contributed by atoms with Crippen LogP contribution in [0.3, 0.4) is 0 Å². The molecule has 1 N–H and O–H groups in total. The van der Waals surface area contributed by atoms with Crippen molar-refractivity contribution >= 4 is 27.5 Å². The van der Waals surface area contributed by atoms with Gasteiger partial charge in [-0.3, -0.25) is 0 Å². The molecule has 3 heteroatoms. The van der Waals surface area contributed by atoms with E-state index in [0.29, 0.717) is 0 Å². The van der Waals surface area contributed by atoms with E-state index < -0.39 is 0 Å². The van der Waals surface area contributed by atoms with Crippen molar-refractivity contribution < 1.29 is 0 Å². The summed E-state index contributed by atoms with van der Waals surface area (Å²) in [6, 6.07) is 16.5. The Morgan fingerprint density at radius 2 is 1.79 bits per heavy atom. The highest BCUT2D eigenvalue weighted by Gasteiger charge is 2.15. The molecule has 0 fully saturated rings. The lowest BCUT2D eigenvalue weighted by Gasteiger charge is -2.20. The molecule has 2 aromatic rings. The molecule has 19 heavy (non-hydrogen) atoms. The first-order chi connectivity index (χ1) is 9.22. The lowest BCUT2D eigenvalue weighted by Crippen LogP contribution is -2.23. The topological polar surface area (TPSA) is 12.0 Å². The Bertz CT molecular complexity index is 525. The standard InChI is InChI=1S/C16H17BrClN/c1-2-11-19-16(12-7-9-13(17)10-8-12)14-5-3-4-6-15(14)18/h3-10,16,19H,2,11H2,1H3. The SMILES string of the molecule is CCCNC(c1ccc(Br)cc1)c1ccccc1Cl. The van der Waals surface area contributed by atoms with Gasteiger partial charge in [-0.1, -0.05) is 64.8 Å². The average molecular weight is 339 g/mol. The zero-order valence-corrected chi connectivity index (χ0v) is 13.2. The van der Waals surface area contributed by atoms with Gasteiger partial charge in [-0.25, -0.2) is 0 Å². The fourth-order valence-corrected chi connectivity index (χ4v) is 2.57. The molecule has 0 aliphatic heterocycles. The van der Waals surface area contributed by atoms with Crippen molar-refractivity contribution in [2.24, 2.45) is 0 Å². The Hall–Kier alpha value is -0.830. The van der Waals surface area contributed by atoms with Crippen molar-refractivity contribution in [1.29, 1.82) is 0 Å². The van der Waals surface area contributed by atoms with E-state index in [9.17, 15) is 0 Å². The van der Waals surface area contributed by atoms with Gasteiger partial charge in [-0.05, 0) is 42.3 Å². The Labute approximate surface area is 128 Å². The summed E-state index contributed by atoms with van der Waals surface area (Å²) in [7, 11) is 0. The lowest BCUT2D eigenvalue weighted by molar-refractivity contribution is 0.598. The first-order valence-corrected chi connectivity index (χ1v) is 7.62. The molecule has 0 saturated heterocycles. The van der Waals surface area contributed by atoms with E-state index in [1.54, 1.807) is 0 Å². The first-order valence-electron chi connectivity index (χ1n) is 6.45. The second kappa shape index (κ2) is 7.09. The van der Waals surface area contributed by atoms with Crippen LogP contribution in [-0.4, -0.2) is 6.54 Å². The van der Waals surface area contributed by atoms with Gasteiger partial charge in [0.1, 0.15) is 0 Å². The molecule has 2 rings (SSSR count). The monoisotopic (exact) mass is 337 g/mol. The van der Waals surface area contributed by atoms with E-state index in [4.69, 9.17) is 11.6 Å². The van der Waals surface area contributed by atoms with Gasteiger partial charge in [0.15, 0.2) is 0 Å². The normalized spacial score (nSPS) is 12.4. The first kappa shape index (κ1) is 14.6. The maximum absolute atomic E-state index is 6.33. The van der Waals surface area contributed by atoms with Gasteiger partial charge in [-0.2, -0.15) is 0 Å². The van der Waals surface area contributed by atoms with E-state index >= 15 is 0 Å². The Morgan fingerprint density at radius 3 is 2.42 bits per heavy atom. The molecule has 1 unspecified atom stereocenters. The highest BCUT2D eigenvalue weighted by Crippen LogP contribution is 2.28. The van der Waals surface area contributed by atoms with Gasteiger partial charge >= 0.3 is 0 Å². The van der Waals surface area contributed by atoms with Gasteiger partial charge in [0.25, 0.3) is 0 Å². The van der Waals surface area contributed by atoms with E-state index in [2.05, 4.69) is 58.5 Å². The van der Waals surface area contributed by atoms with E-state index in [0.717, 1.165) is 28.0 Å². The van der Waals surface area contributed by atoms with Crippen LogP contribution in [-0.2, 0) is 0 Å². The van der Waals surface area contributed by atoms with E-state index in [-0.39, 0.29) is 6.04 Å². The van der Waals surface area contributed by atoms with Gasteiger partial charge in [0.2, 0.25) is 0 Å². The molecule has 2 aromatic carbocycles. The lowest BCUT2D eigenvalue weighted by atomic mass is 9.98. The molecule has 0 heterocycles. The van der Waals surface area contributed by atoms with Crippen LogP contribution >= 0.6 is 27.5 Å².